The molecule has 1 aromatic rings. The monoisotopic (exact) mass is 320 g/mol. The zero-order valence-corrected chi connectivity index (χ0v) is 13.8. The number of aliphatic carboxylic acids is 1. The predicted octanol–water partition coefficient (Wildman–Crippen LogP) is 1.95. The summed E-state index contributed by atoms with van der Waals surface area (Å²) in [6.07, 6.45) is 1.90. The average molecular weight is 320 g/mol. The van der Waals surface area contributed by atoms with E-state index < -0.39 is 23.5 Å². The quantitative estimate of drug-likeness (QED) is 0.682. The Hall–Kier alpha value is -2.37. The number of carboxylic acids is 1. The van der Waals surface area contributed by atoms with Gasteiger partial charge < -0.3 is 15.7 Å². The van der Waals surface area contributed by atoms with Crippen molar-refractivity contribution in [2.24, 2.45) is 0 Å². The third-order valence-corrected chi connectivity index (χ3v) is 3.48. The second kappa shape index (κ2) is 8.31. The molecular weight excluding hydrogens is 296 g/mol. The van der Waals surface area contributed by atoms with Crippen molar-refractivity contribution in [3.8, 4) is 0 Å². The number of rotatable bonds is 8. The van der Waals surface area contributed by atoms with Gasteiger partial charge in [0.05, 0.1) is 0 Å². The van der Waals surface area contributed by atoms with Crippen LogP contribution in [0.15, 0.2) is 30.3 Å². The lowest BCUT2D eigenvalue weighted by molar-refractivity contribution is -0.142. The number of carbonyl (C=O) groups is 3. The largest absolute Gasteiger partial charge is 0.480 e. The summed E-state index contributed by atoms with van der Waals surface area (Å²) in [5.41, 5.74) is -0.776. The second-order valence-electron chi connectivity index (χ2n) is 5.95. The van der Waals surface area contributed by atoms with Crippen LogP contribution in [0.1, 0.15) is 50.4 Å². The molecule has 1 rings (SSSR count). The standard InChI is InChI=1S/C17H24N2O4/c1-4-5-11-13(15(21)22)18-16(23)17(2,3)19-14(20)12-9-7-6-8-10-12/h6-10,13H,4-5,11H2,1-3H3,(H,18,23)(H,19,20)(H,21,22)/t13-/m0/s1. The fourth-order valence-electron chi connectivity index (χ4n) is 2.01. The van der Waals surface area contributed by atoms with Crippen molar-refractivity contribution in [3.63, 3.8) is 0 Å². The van der Waals surface area contributed by atoms with Crippen LogP contribution in [0.4, 0.5) is 0 Å². The molecule has 0 radical (unpaired) electrons. The summed E-state index contributed by atoms with van der Waals surface area (Å²) in [4.78, 5) is 35.7. The van der Waals surface area contributed by atoms with Crippen LogP contribution in [-0.4, -0.2) is 34.5 Å². The molecule has 0 unspecified atom stereocenters. The van der Waals surface area contributed by atoms with Gasteiger partial charge in [-0.2, -0.15) is 0 Å². The summed E-state index contributed by atoms with van der Waals surface area (Å²) >= 11 is 0. The van der Waals surface area contributed by atoms with Crippen LogP contribution >= 0.6 is 0 Å². The Bertz CT molecular complexity index is 555. The van der Waals surface area contributed by atoms with Crippen molar-refractivity contribution < 1.29 is 19.5 Å². The van der Waals surface area contributed by atoms with Crippen LogP contribution in [0.5, 0.6) is 0 Å². The van der Waals surface area contributed by atoms with E-state index in [2.05, 4.69) is 10.6 Å². The number of carboxylic acid groups (broad SMARTS) is 1. The fraction of sp³-hybridized carbons (Fsp3) is 0.471. The third kappa shape index (κ3) is 5.73. The van der Waals surface area contributed by atoms with E-state index in [1.54, 1.807) is 44.2 Å². The molecule has 0 aliphatic carbocycles. The Morgan fingerprint density at radius 2 is 1.78 bits per heavy atom. The van der Waals surface area contributed by atoms with E-state index in [-0.39, 0.29) is 5.91 Å². The Labute approximate surface area is 136 Å². The molecule has 0 spiro atoms. The van der Waals surface area contributed by atoms with Gasteiger partial charge in [-0.3, -0.25) is 9.59 Å². The van der Waals surface area contributed by atoms with Crippen molar-refractivity contribution in [3.05, 3.63) is 35.9 Å². The summed E-state index contributed by atoms with van der Waals surface area (Å²) in [6, 6.07) is 7.59. The molecule has 6 nitrogen and oxygen atoms in total. The number of hydrogen-bond donors (Lipinski definition) is 3. The first-order chi connectivity index (χ1) is 10.8. The van der Waals surface area contributed by atoms with E-state index in [4.69, 9.17) is 0 Å². The van der Waals surface area contributed by atoms with Crippen LogP contribution < -0.4 is 10.6 Å². The van der Waals surface area contributed by atoms with Gasteiger partial charge in [-0.05, 0) is 32.4 Å². The molecular formula is C17H24N2O4. The molecule has 0 aliphatic rings. The first-order valence-electron chi connectivity index (χ1n) is 7.69. The summed E-state index contributed by atoms with van der Waals surface area (Å²) in [7, 11) is 0. The number of carbonyl (C=O) groups excluding carboxylic acids is 2. The smallest absolute Gasteiger partial charge is 0.326 e. The number of benzene rings is 1. The van der Waals surface area contributed by atoms with Crippen LogP contribution in [-0.2, 0) is 9.59 Å². The summed E-state index contributed by atoms with van der Waals surface area (Å²) in [6.45, 7) is 5.04. The Kier molecular flexibility index (Phi) is 6.75. The highest BCUT2D eigenvalue weighted by Gasteiger charge is 2.32. The van der Waals surface area contributed by atoms with Crippen molar-refractivity contribution in [1.29, 1.82) is 0 Å². The van der Waals surface area contributed by atoms with Gasteiger partial charge in [0, 0.05) is 5.56 Å². The Morgan fingerprint density at radius 3 is 2.30 bits per heavy atom. The maximum atomic E-state index is 12.3. The molecule has 6 heteroatoms. The minimum Gasteiger partial charge on any atom is -0.480 e. The highest BCUT2D eigenvalue weighted by Crippen LogP contribution is 2.08. The lowest BCUT2D eigenvalue weighted by Gasteiger charge is -2.27. The van der Waals surface area contributed by atoms with Gasteiger partial charge in [0.15, 0.2) is 0 Å². The second-order valence-corrected chi connectivity index (χ2v) is 5.95. The van der Waals surface area contributed by atoms with E-state index in [0.717, 1.165) is 6.42 Å². The lowest BCUT2D eigenvalue weighted by atomic mass is 10.0. The number of nitrogens with one attached hydrogen (secondary N) is 2. The van der Waals surface area contributed by atoms with Crippen molar-refractivity contribution >= 4 is 17.8 Å². The zero-order valence-electron chi connectivity index (χ0n) is 13.8. The third-order valence-electron chi connectivity index (χ3n) is 3.48. The molecule has 3 N–H and O–H groups in total. The topological polar surface area (TPSA) is 95.5 Å². The summed E-state index contributed by atoms with van der Waals surface area (Å²) in [5, 5.41) is 14.3. The lowest BCUT2D eigenvalue weighted by Crippen LogP contribution is -2.57. The van der Waals surface area contributed by atoms with Gasteiger partial charge in [0.2, 0.25) is 5.91 Å². The molecule has 0 aliphatic heterocycles. The SMILES string of the molecule is CCCC[C@H](NC(=O)C(C)(C)NC(=O)c1ccccc1)C(=O)O. The van der Waals surface area contributed by atoms with E-state index in [0.29, 0.717) is 18.4 Å². The molecule has 0 bridgehead atoms. The Balaban J connectivity index is 2.72. The fourth-order valence-corrected chi connectivity index (χ4v) is 2.01. The van der Waals surface area contributed by atoms with Crippen molar-refractivity contribution in [2.75, 3.05) is 0 Å². The zero-order chi connectivity index (χ0) is 17.5. The molecule has 126 valence electrons. The first kappa shape index (κ1) is 18.7. The normalized spacial score (nSPS) is 12.3. The van der Waals surface area contributed by atoms with Crippen LogP contribution in [0.3, 0.4) is 0 Å². The summed E-state index contributed by atoms with van der Waals surface area (Å²) < 4.78 is 0. The van der Waals surface area contributed by atoms with E-state index in [1.807, 2.05) is 6.92 Å². The van der Waals surface area contributed by atoms with Gasteiger partial charge >= 0.3 is 5.97 Å². The molecule has 0 heterocycles. The maximum Gasteiger partial charge on any atom is 0.326 e. The Morgan fingerprint density at radius 1 is 1.17 bits per heavy atom. The van der Waals surface area contributed by atoms with E-state index in [1.165, 1.54) is 0 Å². The van der Waals surface area contributed by atoms with Crippen LogP contribution in [0.25, 0.3) is 0 Å². The van der Waals surface area contributed by atoms with Crippen molar-refractivity contribution in [2.45, 2.75) is 51.6 Å². The molecule has 1 aromatic carbocycles. The molecule has 0 saturated heterocycles. The van der Waals surface area contributed by atoms with Gasteiger partial charge in [0.25, 0.3) is 5.91 Å². The first-order valence-corrected chi connectivity index (χ1v) is 7.69. The van der Waals surface area contributed by atoms with Crippen LogP contribution in [0.2, 0.25) is 0 Å². The van der Waals surface area contributed by atoms with Crippen molar-refractivity contribution in [1.82, 2.24) is 10.6 Å². The number of hydrogen-bond acceptors (Lipinski definition) is 3. The van der Waals surface area contributed by atoms with Gasteiger partial charge in [0.1, 0.15) is 11.6 Å². The molecule has 23 heavy (non-hydrogen) atoms. The molecule has 0 saturated carbocycles. The van der Waals surface area contributed by atoms with E-state index in [9.17, 15) is 19.5 Å². The highest BCUT2D eigenvalue weighted by atomic mass is 16.4. The summed E-state index contributed by atoms with van der Waals surface area (Å²) in [5.74, 6) is -1.98. The number of amides is 2. The van der Waals surface area contributed by atoms with E-state index >= 15 is 0 Å². The molecule has 0 aromatic heterocycles. The van der Waals surface area contributed by atoms with Gasteiger partial charge in [-0.15, -0.1) is 0 Å². The highest BCUT2D eigenvalue weighted by molar-refractivity contribution is 5.99. The number of unbranched alkanes of at least 4 members (excludes halogenated alkanes) is 1. The average Bonchev–Trinajstić information content (AvgIpc) is 2.51. The molecule has 2 amide bonds. The van der Waals surface area contributed by atoms with Gasteiger partial charge in [-0.1, -0.05) is 38.0 Å². The minimum atomic E-state index is -1.22. The van der Waals surface area contributed by atoms with Crippen LogP contribution in [0, 0.1) is 0 Å². The maximum absolute atomic E-state index is 12.3. The molecule has 1 atom stereocenters. The molecule has 0 fully saturated rings. The van der Waals surface area contributed by atoms with Gasteiger partial charge in [-0.25, -0.2) is 4.79 Å². The predicted molar refractivity (Wildman–Crippen MR) is 87.1 cm³/mol. The minimum absolute atomic E-state index is 0.361.